The van der Waals surface area contributed by atoms with E-state index in [-0.39, 0.29) is 29.3 Å². The van der Waals surface area contributed by atoms with Crippen LogP contribution in [0.1, 0.15) is 47.0 Å². The molecular formula is C14H20O4. The molecule has 0 aliphatic heterocycles. The Labute approximate surface area is 107 Å². The molecule has 4 nitrogen and oxygen atoms in total. The SMILES string of the molecule is CC1=C(C(=O)OC(C)C)C(=O)CC(C)(O)C12CC2. The van der Waals surface area contributed by atoms with Crippen LogP contribution in [0.4, 0.5) is 0 Å². The van der Waals surface area contributed by atoms with Crippen LogP contribution in [0.2, 0.25) is 0 Å². The van der Waals surface area contributed by atoms with Crippen LogP contribution in [-0.4, -0.2) is 28.6 Å². The highest BCUT2D eigenvalue weighted by molar-refractivity contribution is 6.19. The molecule has 1 fully saturated rings. The van der Waals surface area contributed by atoms with Crippen molar-refractivity contribution in [3.63, 3.8) is 0 Å². The van der Waals surface area contributed by atoms with Gasteiger partial charge >= 0.3 is 5.97 Å². The number of carbonyl (C=O) groups excluding carboxylic acids is 2. The van der Waals surface area contributed by atoms with Gasteiger partial charge in [0.25, 0.3) is 0 Å². The normalized spacial score (nSPS) is 30.0. The highest BCUT2D eigenvalue weighted by atomic mass is 16.5. The Hall–Kier alpha value is -1.16. The number of carbonyl (C=O) groups is 2. The molecule has 1 spiro atoms. The standard InChI is InChI=1S/C14H20O4/c1-8(2)18-12(16)11-9(3)14(5-6-14)13(4,17)7-10(11)15/h8,17H,5-7H2,1-4H3. The van der Waals surface area contributed by atoms with E-state index in [1.807, 2.05) is 0 Å². The van der Waals surface area contributed by atoms with Crippen LogP contribution in [0.5, 0.6) is 0 Å². The van der Waals surface area contributed by atoms with E-state index >= 15 is 0 Å². The largest absolute Gasteiger partial charge is 0.459 e. The minimum absolute atomic E-state index is 0.00681. The molecule has 2 aliphatic rings. The molecule has 1 N–H and O–H groups in total. The third-order valence-corrected chi connectivity index (χ3v) is 4.20. The molecular weight excluding hydrogens is 232 g/mol. The van der Waals surface area contributed by atoms with Gasteiger partial charge in [-0.25, -0.2) is 4.79 Å². The second-order valence-electron chi connectivity index (χ2n) is 5.91. The van der Waals surface area contributed by atoms with E-state index in [1.54, 1.807) is 27.7 Å². The zero-order valence-corrected chi connectivity index (χ0v) is 11.4. The summed E-state index contributed by atoms with van der Waals surface area (Å²) in [5.74, 6) is -0.852. The average molecular weight is 252 g/mol. The van der Waals surface area contributed by atoms with Gasteiger partial charge in [-0.05, 0) is 46.1 Å². The fraction of sp³-hybridized carbons (Fsp3) is 0.714. The van der Waals surface area contributed by atoms with Gasteiger partial charge in [0, 0.05) is 11.8 Å². The van der Waals surface area contributed by atoms with Crippen molar-refractivity contribution in [3.8, 4) is 0 Å². The maximum absolute atomic E-state index is 12.0. The number of hydrogen-bond donors (Lipinski definition) is 1. The van der Waals surface area contributed by atoms with E-state index < -0.39 is 11.6 Å². The molecule has 1 unspecified atom stereocenters. The predicted octanol–water partition coefficient (Wildman–Crippen LogP) is 1.76. The molecule has 0 bridgehead atoms. The molecule has 0 aromatic rings. The molecule has 1 atom stereocenters. The Balaban J connectivity index is 2.40. The topological polar surface area (TPSA) is 63.6 Å². The first-order chi connectivity index (χ1) is 8.21. The summed E-state index contributed by atoms with van der Waals surface area (Å²) < 4.78 is 5.12. The van der Waals surface area contributed by atoms with E-state index in [0.29, 0.717) is 5.57 Å². The summed E-state index contributed by atoms with van der Waals surface area (Å²) in [6, 6.07) is 0. The molecule has 0 aromatic carbocycles. The number of ketones is 1. The Morgan fingerprint density at radius 1 is 1.39 bits per heavy atom. The Kier molecular flexibility index (Phi) is 2.89. The number of aliphatic hydroxyl groups is 1. The maximum Gasteiger partial charge on any atom is 0.341 e. The maximum atomic E-state index is 12.0. The Morgan fingerprint density at radius 3 is 2.39 bits per heavy atom. The summed E-state index contributed by atoms with van der Waals surface area (Å²) in [5.41, 5.74) is -0.552. The van der Waals surface area contributed by atoms with Gasteiger partial charge in [0.15, 0.2) is 5.78 Å². The van der Waals surface area contributed by atoms with Gasteiger partial charge in [-0.1, -0.05) is 0 Å². The van der Waals surface area contributed by atoms with Crippen molar-refractivity contribution in [2.45, 2.75) is 58.7 Å². The Bertz CT molecular complexity index is 439. The third-order valence-electron chi connectivity index (χ3n) is 4.20. The summed E-state index contributed by atoms with van der Waals surface area (Å²) in [4.78, 5) is 24.0. The van der Waals surface area contributed by atoms with E-state index in [0.717, 1.165) is 12.8 Å². The molecule has 0 amide bonds. The van der Waals surface area contributed by atoms with E-state index in [4.69, 9.17) is 4.74 Å². The minimum atomic E-state index is -1.03. The first-order valence-electron chi connectivity index (χ1n) is 6.39. The van der Waals surface area contributed by atoms with Crippen molar-refractivity contribution in [2.24, 2.45) is 5.41 Å². The molecule has 0 radical (unpaired) electrons. The molecule has 100 valence electrons. The van der Waals surface area contributed by atoms with Crippen molar-refractivity contribution >= 4 is 11.8 Å². The fourth-order valence-corrected chi connectivity index (χ4v) is 3.00. The van der Waals surface area contributed by atoms with Gasteiger partial charge in [0.1, 0.15) is 5.57 Å². The number of ether oxygens (including phenoxy) is 1. The van der Waals surface area contributed by atoms with Crippen LogP contribution in [0.15, 0.2) is 11.1 Å². The number of hydrogen-bond acceptors (Lipinski definition) is 4. The summed E-state index contributed by atoms with van der Waals surface area (Å²) >= 11 is 0. The van der Waals surface area contributed by atoms with E-state index in [9.17, 15) is 14.7 Å². The first-order valence-corrected chi connectivity index (χ1v) is 6.39. The highest BCUT2D eigenvalue weighted by Crippen LogP contribution is 2.63. The van der Waals surface area contributed by atoms with Crippen molar-refractivity contribution in [2.75, 3.05) is 0 Å². The summed E-state index contributed by atoms with van der Waals surface area (Å²) in [5, 5.41) is 10.4. The van der Waals surface area contributed by atoms with Crippen molar-refractivity contribution < 1.29 is 19.4 Å². The molecule has 2 aliphatic carbocycles. The third kappa shape index (κ3) is 1.79. The molecule has 0 heterocycles. The molecule has 18 heavy (non-hydrogen) atoms. The van der Waals surface area contributed by atoms with Crippen LogP contribution in [0, 0.1) is 5.41 Å². The molecule has 1 saturated carbocycles. The number of esters is 1. The molecule has 0 saturated heterocycles. The summed E-state index contributed by atoms with van der Waals surface area (Å²) in [7, 11) is 0. The van der Waals surface area contributed by atoms with Crippen LogP contribution < -0.4 is 0 Å². The zero-order chi connectivity index (χ0) is 13.7. The van der Waals surface area contributed by atoms with Crippen LogP contribution in [-0.2, 0) is 14.3 Å². The lowest BCUT2D eigenvalue weighted by molar-refractivity contribution is -0.145. The first kappa shape index (κ1) is 13.3. The van der Waals surface area contributed by atoms with Crippen molar-refractivity contribution in [3.05, 3.63) is 11.1 Å². The number of rotatable bonds is 2. The lowest BCUT2D eigenvalue weighted by Crippen LogP contribution is -2.45. The van der Waals surface area contributed by atoms with Gasteiger partial charge in [0.05, 0.1) is 11.7 Å². The zero-order valence-electron chi connectivity index (χ0n) is 11.4. The van der Waals surface area contributed by atoms with Crippen molar-refractivity contribution in [1.29, 1.82) is 0 Å². The van der Waals surface area contributed by atoms with Crippen molar-refractivity contribution in [1.82, 2.24) is 0 Å². The Morgan fingerprint density at radius 2 is 1.94 bits per heavy atom. The van der Waals surface area contributed by atoms with Crippen LogP contribution in [0.3, 0.4) is 0 Å². The second-order valence-corrected chi connectivity index (χ2v) is 5.91. The highest BCUT2D eigenvalue weighted by Gasteiger charge is 2.62. The van der Waals surface area contributed by atoms with Gasteiger partial charge in [-0.15, -0.1) is 0 Å². The lowest BCUT2D eigenvalue weighted by Gasteiger charge is -2.38. The van der Waals surface area contributed by atoms with Gasteiger partial charge in [-0.3, -0.25) is 4.79 Å². The van der Waals surface area contributed by atoms with Gasteiger partial charge < -0.3 is 9.84 Å². The van der Waals surface area contributed by atoms with Gasteiger partial charge in [0.2, 0.25) is 0 Å². The predicted molar refractivity (Wildman–Crippen MR) is 65.8 cm³/mol. The fourth-order valence-electron chi connectivity index (χ4n) is 3.00. The van der Waals surface area contributed by atoms with Crippen LogP contribution >= 0.6 is 0 Å². The average Bonchev–Trinajstić information content (AvgIpc) is 2.93. The monoisotopic (exact) mass is 252 g/mol. The minimum Gasteiger partial charge on any atom is -0.459 e. The number of Topliss-reactive ketones (excluding diaryl/α,β-unsaturated/α-hetero) is 1. The van der Waals surface area contributed by atoms with Crippen LogP contribution in [0.25, 0.3) is 0 Å². The quantitative estimate of drug-likeness (QED) is 0.601. The second kappa shape index (κ2) is 3.92. The van der Waals surface area contributed by atoms with Gasteiger partial charge in [-0.2, -0.15) is 0 Å². The molecule has 4 heteroatoms. The smallest absolute Gasteiger partial charge is 0.341 e. The van der Waals surface area contributed by atoms with E-state index in [1.165, 1.54) is 0 Å². The molecule has 2 rings (SSSR count). The summed E-state index contributed by atoms with van der Waals surface area (Å²) in [6.45, 7) is 6.97. The lowest BCUT2D eigenvalue weighted by atomic mass is 9.70. The summed E-state index contributed by atoms with van der Waals surface area (Å²) in [6.07, 6.45) is 1.42. The molecule has 0 aromatic heterocycles. The van der Waals surface area contributed by atoms with E-state index in [2.05, 4.69) is 0 Å².